The molecule has 0 bridgehead atoms. The van der Waals surface area contributed by atoms with Crippen molar-refractivity contribution in [2.75, 3.05) is 0 Å². The van der Waals surface area contributed by atoms with E-state index >= 15 is 0 Å². The van der Waals surface area contributed by atoms with Crippen molar-refractivity contribution in [3.05, 3.63) is 69.6 Å². The van der Waals surface area contributed by atoms with Crippen molar-refractivity contribution < 1.29 is 19.1 Å². The number of hydrogen-bond acceptors (Lipinski definition) is 7. The fourth-order valence-electron chi connectivity index (χ4n) is 4.68. The number of rotatable bonds is 10. The number of halogens is 2. The summed E-state index contributed by atoms with van der Waals surface area (Å²) in [6.07, 6.45) is 5.58. The van der Waals surface area contributed by atoms with Crippen LogP contribution in [0.2, 0.25) is 5.15 Å². The van der Waals surface area contributed by atoms with E-state index in [0.717, 1.165) is 50.7 Å². The number of unbranched alkanes of at least 4 members (excludes halogenated alkanes) is 1. The van der Waals surface area contributed by atoms with Crippen LogP contribution in [0.25, 0.3) is 33.6 Å². The number of aliphatic carboxylic acids is 1. The Balaban J connectivity index is 1.71. The molecule has 0 saturated heterocycles. The van der Waals surface area contributed by atoms with Gasteiger partial charge < -0.3 is 19.4 Å². The fraction of sp³-hybridized carbons (Fsp3) is 0.259. The molecule has 1 aromatic carbocycles. The number of carboxylic acids is 1. The first-order chi connectivity index (χ1) is 19.3. The molecule has 1 aliphatic heterocycles. The van der Waals surface area contributed by atoms with Gasteiger partial charge in [-0.3, -0.25) is 9.59 Å². The van der Waals surface area contributed by atoms with Crippen molar-refractivity contribution in [1.29, 1.82) is 0 Å². The summed E-state index contributed by atoms with van der Waals surface area (Å²) < 4.78 is 8.08. The zero-order valence-corrected chi connectivity index (χ0v) is 24.0. The van der Waals surface area contributed by atoms with E-state index in [0.29, 0.717) is 18.1 Å². The molecule has 206 valence electrons. The summed E-state index contributed by atoms with van der Waals surface area (Å²) in [6, 6.07) is 8.44. The smallest absolute Gasteiger partial charge is 0.325 e. The average molecular weight is 627 g/mol. The number of aryl methyl sites for hydroxylation is 1. The lowest BCUT2D eigenvalue weighted by Crippen LogP contribution is -2.39. The maximum atomic E-state index is 13.3. The molecule has 2 aliphatic rings. The van der Waals surface area contributed by atoms with Gasteiger partial charge in [-0.25, -0.2) is 4.98 Å². The minimum Gasteiger partial charge on any atom is -0.480 e. The number of H-pyrrole nitrogens is 1. The summed E-state index contributed by atoms with van der Waals surface area (Å²) in [6.45, 7) is 3.69. The molecule has 1 amide bonds. The summed E-state index contributed by atoms with van der Waals surface area (Å²) in [4.78, 5) is 29.3. The number of carboxylic acid groups (broad SMARTS) is 1. The van der Waals surface area contributed by atoms with E-state index in [1.54, 1.807) is 17.1 Å². The first-order valence-electron chi connectivity index (χ1n) is 12.6. The molecule has 1 atom stereocenters. The quantitative estimate of drug-likeness (QED) is 0.185. The summed E-state index contributed by atoms with van der Waals surface area (Å²) in [7, 11) is 0. The van der Waals surface area contributed by atoms with Crippen LogP contribution in [-0.2, 0) is 17.8 Å². The third kappa shape index (κ3) is 5.11. The SMILES string of the molecule is CCCCc1nc(Cl)c(C(=O)N[C@H](C)C(=O)O)n1Cc1c2ccocc-2c(Br)c1-c1ccccc1-c1nn[nH]n1. The monoisotopic (exact) mass is 625 g/mol. The highest BCUT2D eigenvalue weighted by atomic mass is 79.9. The summed E-state index contributed by atoms with van der Waals surface area (Å²) in [5.41, 5.74) is 5.16. The Bertz CT molecular complexity index is 1650. The van der Waals surface area contributed by atoms with E-state index in [9.17, 15) is 14.7 Å². The number of tetrazole rings is 1. The first-order valence-corrected chi connectivity index (χ1v) is 13.8. The Morgan fingerprint density at radius 3 is 2.67 bits per heavy atom. The van der Waals surface area contributed by atoms with Gasteiger partial charge in [-0.05, 0) is 57.2 Å². The molecule has 5 rings (SSSR count). The van der Waals surface area contributed by atoms with Gasteiger partial charge in [0.05, 0.1) is 19.1 Å². The van der Waals surface area contributed by atoms with Crippen LogP contribution in [0.4, 0.5) is 0 Å². The molecule has 3 aromatic rings. The molecule has 0 spiro atoms. The highest BCUT2D eigenvalue weighted by Crippen LogP contribution is 2.48. The Labute approximate surface area is 242 Å². The number of aromatic amines is 1. The Morgan fingerprint density at radius 1 is 1.20 bits per heavy atom. The molecule has 3 N–H and O–H groups in total. The van der Waals surface area contributed by atoms with Gasteiger partial charge in [0, 0.05) is 27.6 Å². The summed E-state index contributed by atoms with van der Waals surface area (Å²) in [5, 5.41) is 26.5. The fourth-order valence-corrected chi connectivity index (χ4v) is 5.73. The number of carbonyl (C=O) groups excluding carboxylic acids is 1. The molecule has 0 radical (unpaired) electrons. The van der Waals surface area contributed by atoms with E-state index in [-0.39, 0.29) is 17.4 Å². The molecule has 11 nitrogen and oxygen atoms in total. The van der Waals surface area contributed by atoms with Crippen LogP contribution in [-0.4, -0.2) is 53.2 Å². The predicted octanol–water partition coefficient (Wildman–Crippen LogP) is 5.44. The van der Waals surface area contributed by atoms with Gasteiger partial charge in [-0.1, -0.05) is 49.2 Å². The summed E-state index contributed by atoms with van der Waals surface area (Å²) >= 11 is 10.3. The zero-order valence-electron chi connectivity index (χ0n) is 21.6. The number of carbonyl (C=O) groups is 2. The number of nitrogens with zero attached hydrogens (tertiary/aromatic N) is 5. The summed E-state index contributed by atoms with van der Waals surface area (Å²) in [5.74, 6) is -0.713. The number of amides is 1. The highest BCUT2D eigenvalue weighted by molar-refractivity contribution is 9.10. The number of nitrogens with one attached hydrogen (secondary N) is 2. The molecule has 40 heavy (non-hydrogen) atoms. The second-order valence-electron chi connectivity index (χ2n) is 9.22. The van der Waals surface area contributed by atoms with Crippen LogP contribution in [0.3, 0.4) is 0 Å². The molecule has 0 unspecified atom stereocenters. The van der Waals surface area contributed by atoms with Crippen molar-refractivity contribution in [2.45, 2.75) is 45.7 Å². The van der Waals surface area contributed by atoms with E-state index in [4.69, 9.17) is 16.0 Å². The van der Waals surface area contributed by atoms with Crippen molar-refractivity contribution in [3.8, 4) is 33.6 Å². The first kappa shape index (κ1) is 27.5. The van der Waals surface area contributed by atoms with Gasteiger partial charge in [-0.15, -0.1) is 10.2 Å². The van der Waals surface area contributed by atoms with Crippen molar-refractivity contribution in [3.63, 3.8) is 0 Å². The molecule has 1 aliphatic carbocycles. The predicted molar refractivity (Wildman–Crippen MR) is 151 cm³/mol. The van der Waals surface area contributed by atoms with Crippen LogP contribution in [0.15, 0.2) is 51.7 Å². The second-order valence-corrected chi connectivity index (χ2v) is 10.4. The van der Waals surface area contributed by atoms with Gasteiger partial charge in [0.2, 0.25) is 5.82 Å². The van der Waals surface area contributed by atoms with Crippen molar-refractivity contribution >= 4 is 39.4 Å². The molecule has 13 heteroatoms. The van der Waals surface area contributed by atoms with Crippen molar-refractivity contribution in [1.82, 2.24) is 35.5 Å². The molecule has 0 fully saturated rings. The normalized spacial score (nSPS) is 12.1. The zero-order chi connectivity index (χ0) is 28.4. The lowest BCUT2D eigenvalue weighted by atomic mass is 9.97. The highest BCUT2D eigenvalue weighted by Gasteiger charge is 2.30. The van der Waals surface area contributed by atoms with Gasteiger partial charge in [-0.2, -0.15) is 5.21 Å². The van der Waals surface area contributed by atoms with E-state index < -0.39 is 17.9 Å². The van der Waals surface area contributed by atoms with Crippen molar-refractivity contribution in [2.24, 2.45) is 0 Å². The minimum atomic E-state index is -1.16. The molecule has 0 saturated carbocycles. The number of benzene rings is 1. The number of fused-ring (bicyclic) bond motifs is 1. The van der Waals surface area contributed by atoms with E-state index in [1.165, 1.54) is 6.92 Å². The van der Waals surface area contributed by atoms with Gasteiger partial charge in [0.15, 0.2) is 5.15 Å². The van der Waals surface area contributed by atoms with Crippen LogP contribution < -0.4 is 5.32 Å². The minimum absolute atomic E-state index is 0.0138. The van der Waals surface area contributed by atoms with Crippen LogP contribution in [0.5, 0.6) is 0 Å². The number of imidazole rings is 1. The van der Waals surface area contributed by atoms with E-state index in [2.05, 4.69) is 53.8 Å². The largest absolute Gasteiger partial charge is 0.480 e. The maximum Gasteiger partial charge on any atom is 0.325 e. The van der Waals surface area contributed by atoms with Crippen LogP contribution >= 0.6 is 27.5 Å². The maximum absolute atomic E-state index is 13.3. The molecule has 3 heterocycles. The van der Waals surface area contributed by atoms with E-state index in [1.807, 2.05) is 30.3 Å². The second kappa shape index (κ2) is 11.6. The number of hydrogen-bond donors (Lipinski definition) is 3. The lowest BCUT2D eigenvalue weighted by molar-refractivity contribution is -0.138. The lowest BCUT2D eigenvalue weighted by Gasteiger charge is -2.16. The van der Waals surface area contributed by atoms with Crippen LogP contribution in [0.1, 0.15) is 48.6 Å². The number of aromatic nitrogens is 6. The standard InChI is InChI=1S/C27H25BrClN7O4/c1-3-4-9-20-31-24(29)23(26(37)30-14(2)27(38)39)36(20)12-18-15-10-11-40-13-19(15)22(28)21(18)16-7-5-6-8-17(16)25-32-34-35-33-25/h5-8,10-11,13-14H,3-4,9,12H2,1-2H3,(H,30,37)(H,38,39)(H,32,33,34,35)/t14-/m1/s1. The Morgan fingerprint density at radius 2 is 1.98 bits per heavy atom. The molecule has 2 aromatic heterocycles. The van der Waals surface area contributed by atoms with Gasteiger partial charge in [0.25, 0.3) is 5.91 Å². The van der Waals surface area contributed by atoms with Gasteiger partial charge in [0.1, 0.15) is 17.6 Å². The molecular weight excluding hydrogens is 602 g/mol. The Hall–Kier alpha value is -4.03. The molecular formula is C27H25BrClN7O4. The average Bonchev–Trinajstić information content (AvgIpc) is 3.65. The Kier molecular flexibility index (Phi) is 7.99. The van der Waals surface area contributed by atoms with Gasteiger partial charge >= 0.3 is 5.97 Å². The third-order valence-electron chi connectivity index (χ3n) is 6.66. The topological polar surface area (TPSA) is 152 Å². The third-order valence-corrected chi connectivity index (χ3v) is 7.75. The van der Waals surface area contributed by atoms with Crippen LogP contribution in [0, 0.1) is 0 Å².